The maximum Gasteiger partial charge on any atom is 0.172 e. The lowest BCUT2D eigenvalue weighted by Gasteiger charge is -2.30. The average molecular weight is 194 g/mol. The number of allylic oxidation sites excluding steroid dienone is 3. The molecule has 1 aliphatic heterocycles. The van der Waals surface area contributed by atoms with Gasteiger partial charge in [-0.05, 0) is 18.1 Å². The van der Waals surface area contributed by atoms with Crippen LogP contribution in [0.5, 0.6) is 0 Å². The second-order valence-electron chi connectivity index (χ2n) is 3.60. The summed E-state index contributed by atoms with van der Waals surface area (Å²) in [7, 11) is 0. The second-order valence-corrected chi connectivity index (χ2v) is 3.60. The zero-order valence-electron chi connectivity index (χ0n) is 8.07. The molecule has 0 aromatic heterocycles. The molecule has 0 saturated carbocycles. The molecular formula is C11H14O3. The maximum absolute atomic E-state index is 10.2. The van der Waals surface area contributed by atoms with Gasteiger partial charge in [0.2, 0.25) is 0 Å². The van der Waals surface area contributed by atoms with Gasteiger partial charge in [0.25, 0.3) is 0 Å². The first-order chi connectivity index (χ1) is 6.85. The van der Waals surface area contributed by atoms with Crippen LogP contribution in [-0.2, 0) is 14.3 Å². The van der Waals surface area contributed by atoms with Gasteiger partial charge in [-0.1, -0.05) is 12.2 Å². The first-order valence-electron chi connectivity index (χ1n) is 4.93. The topological polar surface area (TPSA) is 35.5 Å². The van der Waals surface area contributed by atoms with Gasteiger partial charge in [0.15, 0.2) is 5.79 Å². The number of aldehydes is 1. The Bertz CT molecular complexity index is 272. The van der Waals surface area contributed by atoms with E-state index in [1.165, 1.54) is 6.08 Å². The molecule has 1 heterocycles. The van der Waals surface area contributed by atoms with Gasteiger partial charge in [0, 0.05) is 12.8 Å². The van der Waals surface area contributed by atoms with Gasteiger partial charge in [-0.25, -0.2) is 0 Å². The first-order valence-corrected chi connectivity index (χ1v) is 4.93. The van der Waals surface area contributed by atoms with Crippen LogP contribution >= 0.6 is 0 Å². The van der Waals surface area contributed by atoms with Crippen molar-refractivity contribution in [2.24, 2.45) is 0 Å². The summed E-state index contributed by atoms with van der Waals surface area (Å²) in [5.41, 5.74) is 1.13. The Morgan fingerprint density at radius 2 is 2.14 bits per heavy atom. The van der Waals surface area contributed by atoms with Crippen LogP contribution in [0.2, 0.25) is 0 Å². The predicted octanol–water partition coefficient (Wildman–Crippen LogP) is 1.59. The van der Waals surface area contributed by atoms with Gasteiger partial charge in [-0.2, -0.15) is 0 Å². The molecule has 1 spiro atoms. The molecule has 1 fully saturated rings. The summed E-state index contributed by atoms with van der Waals surface area (Å²) >= 11 is 0. The fourth-order valence-electron chi connectivity index (χ4n) is 1.98. The van der Waals surface area contributed by atoms with Crippen molar-refractivity contribution in [1.82, 2.24) is 0 Å². The molecule has 0 unspecified atom stereocenters. The highest BCUT2D eigenvalue weighted by atomic mass is 16.7. The second kappa shape index (κ2) is 4.07. The van der Waals surface area contributed by atoms with E-state index in [1.807, 2.05) is 6.08 Å². The summed E-state index contributed by atoms with van der Waals surface area (Å²) < 4.78 is 11.2. The van der Waals surface area contributed by atoms with Crippen LogP contribution in [0.1, 0.15) is 19.3 Å². The Morgan fingerprint density at radius 1 is 1.36 bits per heavy atom. The highest BCUT2D eigenvalue weighted by molar-refractivity contribution is 5.65. The summed E-state index contributed by atoms with van der Waals surface area (Å²) in [5, 5.41) is 0. The Hall–Kier alpha value is -0.930. The third-order valence-corrected chi connectivity index (χ3v) is 2.61. The summed E-state index contributed by atoms with van der Waals surface area (Å²) in [6.07, 6.45) is 8.91. The molecule has 2 aliphatic rings. The normalized spacial score (nSPS) is 25.6. The van der Waals surface area contributed by atoms with E-state index in [9.17, 15) is 4.79 Å². The number of rotatable bonds is 2. The average Bonchev–Trinajstić information content (AvgIpc) is 2.63. The maximum atomic E-state index is 10.2. The Morgan fingerprint density at radius 3 is 2.86 bits per heavy atom. The van der Waals surface area contributed by atoms with Crippen molar-refractivity contribution < 1.29 is 14.3 Å². The highest BCUT2D eigenvalue weighted by Crippen LogP contribution is 2.35. The van der Waals surface area contributed by atoms with Gasteiger partial charge in [0.1, 0.15) is 6.29 Å². The van der Waals surface area contributed by atoms with Crippen molar-refractivity contribution in [3.05, 3.63) is 23.8 Å². The summed E-state index contributed by atoms with van der Waals surface area (Å²) in [6, 6.07) is 0. The van der Waals surface area contributed by atoms with E-state index in [4.69, 9.17) is 9.47 Å². The predicted molar refractivity (Wildman–Crippen MR) is 51.8 cm³/mol. The molecule has 76 valence electrons. The van der Waals surface area contributed by atoms with E-state index in [2.05, 4.69) is 6.08 Å². The third kappa shape index (κ3) is 1.94. The minimum atomic E-state index is -0.392. The molecule has 0 atom stereocenters. The molecule has 1 saturated heterocycles. The minimum absolute atomic E-state index is 0.392. The van der Waals surface area contributed by atoms with Crippen molar-refractivity contribution >= 4 is 6.29 Å². The first kappa shape index (κ1) is 9.62. The van der Waals surface area contributed by atoms with Crippen LogP contribution in [0.4, 0.5) is 0 Å². The number of carbonyl (C=O) groups excluding carboxylic acids is 1. The van der Waals surface area contributed by atoms with Gasteiger partial charge in [0.05, 0.1) is 13.2 Å². The van der Waals surface area contributed by atoms with Crippen LogP contribution in [0.15, 0.2) is 23.8 Å². The number of hydrogen-bond donors (Lipinski definition) is 0. The Kier molecular flexibility index (Phi) is 2.79. The van der Waals surface area contributed by atoms with E-state index in [0.717, 1.165) is 31.1 Å². The molecule has 14 heavy (non-hydrogen) atoms. The number of hydrogen-bond acceptors (Lipinski definition) is 3. The van der Waals surface area contributed by atoms with Crippen LogP contribution in [0.25, 0.3) is 0 Å². The lowest BCUT2D eigenvalue weighted by Crippen LogP contribution is -2.32. The molecule has 1 aliphatic carbocycles. The quantitative estimate of drug-likeness (QED) is 0.494. The van der Waals surface area contributed by atoms with Gasteiger partial charge < -0.3 is 9.47 Å². The van der Waals surface area contributed by atoms with Crippen molar-refractivity contribution in [2.75, 3.05) is 13.2 Å². The molecule has 0 radical (unpaired) electrons. The van der Waals surface area contributed by atoms with Crippen LogP contribution in [0.3, 0.4) is 0 Å². The number of ether oxygens (including phenoxy) is 2. The van der Waals surface area contributed by atoms with Crippen LogP contribution in [0, 0.1) is 0 Å². The van der Waals surface area contributed by atoms with E-state index < -0.39 is 5.79 Å². The summed E-state index contributed by atoms with van der Waals surface area (Å²) in [5.74, 6) is -0.392. The standard InChI is InChI=1S/C11H14O3/c12-6-2-4-10-3-1-5-11(9-10)13-7-8-14-11/h2-4,6H,1,5,7-9H2/b4-2+. The monoisotopic (exact) mass is 194 g/mol. The zero-order valence-corrected chi connectivity index (χ0v) is 8.07. The highest BCUT2D eigenvalue weighted by Gasteiger charge is 2.37. The van der Waals surface area contributed by atoms with Crippen molar-refractivity contribution in [3.63, 3.8) is 0 Å². The molecule has 2 rings (SSSR count). The molecular weight excluding hydrogens is 180 g/mol. The molecule has 0 aromatic carbocycles. The molecule has 0 bridgehead atoms. The summed E-state index contributed by atoms with van der Waals surface area (Å²) in [6.45, 7) is 1.37. The molecule has 3 nitrogen and oxygen atoms in total. The molecule has 3 heteroatoms. The SMILES string of the molecule is O=C/C=C/C1=CCCC2(C1)OCCO2. The van der Waals surface area contributed by atoms with E-state index in [0.29, 0.717) is 13.2 Å². The molecule has 0 amide bonds. The zero-order chi connectivity index (χ0) is 9.86. The van der Waals surface area contributed by atoms with Gasteiger partial charge in [-0.15, -0.1) is 0 Å². The fourth-order valence-corrected chi connectivity index (χ4v) is 1.98. The molecule has 0 aromatic rings. The van der Waals surface area contributed by atoms with Gasteiger partial charge in [-0.3, -0.25) is 4.79 Å². The third-order valence-electron chi connectivity index (χ3n) is 2.61. The van der Waals surface area contributed by atoms with Gasteiger partial charge >= 0.3 is 0 Å². The smallest absolute Gasteiger partial charge is 0.172 e. The lowest BCUT2D eigenvalue weighted by molar-refractivity contribution is -0.162. The Balaban J connectivity index is 2.04. The fraction of sp³-hybridized carbons (Fsp3) is 0.545. The van der Waals surface area contributed by atoms with E-state index in [1.54, 1.807) is 0 Å². The minimum Gasteiger partial charge on any atom is -0.347 e. The van der Waals surface area contributed by atoms with Crippen molar-refractivity contribution in [2.45, 2.75) is 25.0 Å². The lowest BCUT2D eigenvalue weighted by atomic mass is 9.93. The summed E-state index contributed by atoms with van der Waals surface area (Å²) in [4.78, 5) is 10.2. The van der Waals surface area contributed by atoms with E-state index in [-0.39, 0.29) is 0 Å². The number of carbonyl (C=O) groups is 1. The van der Waals surface area contributed by atoms with Crippen molar-refractivity contribution in [1.29, 1.82) is 0 Å². The van der Waals surface area contributed by atoms with Crippen LogP contribution < -0.4 is 0 Å². The van der Waals surface area contributed by atoms with E-state index >= 15 is 0 Å². The Labute approximate surface area is 83.4 Å². The van der Waals surface area contributed by atoms with Crippen molar-refractivity contribution in [3.8, 4) is 0 Å². The van der Waals surface area contributed by atoms with Crippen LogP contribution in [-0.4, -0.2) is 25.3 Å². The molecule has 0 N–H and O–H groups in total. The largest absolute Gasteiger partial charge is 0.347 e.